The van der Waals surface area contributed by atoms with Crippen molar-refractivity contribution in [2.45, 2.75) is 20.3 Å². The van der Waals surface area contributed by atoms with Crippen molar-refractivity contribution in [3.63, 3.8) is 0 Å². The van der Waals surface area contributed by atoms with Gasteiger partial charge >= 0.3 is 0 Å². The maximum absolute atomic E-state index is 12.4. The number of ether oxygens (including phenoxy) is 2. The molecule has 0 saturated heterocycles. The molecule has 0 unspecified atom stereocenters. The van der Waals surface area contributed by atoms with Gasteiger partial charge in [-0.3, -0.25) is 9.59 Å². The van der Waals surface area contributed by atoms with E-state index in [1.807, 2.05) is 6.92 Å². The molecule has 2 rings (SSSR count). The Morgan fingerprint density at radius 2 is 1.62 bits per heavy atom. The van der Waals surface area contributed by atoms with E-state index in [0.717, 1.165) is 0 Å². The highest BCUT2D eigenvalue weighted by atomic mass is 16.5. The molecule has 0 fully saturated rings. The van der Waals surface area contributed by atoms with Crippen molar-refractivity contribution >= 4 is 23.2 Å². The number of benzene rings is 2. The lowest BCUT2D eigenvalue weighted by atomic mass is 10.2. The molecule has 0 aliphatic heterocycles. The normalized spacial score (nSPS) is 10.2. The minimum Gasteiger partial charge on any atom is -0.491 e. The minimum absolute atomic E-state index is 0.0756. The Morgan fingerprint density at radius 3 is 2.27 bits per heavy atom. The molecular weight excluding hydrogens is 332 g/mol. The van der Waals surface area contributed by atoms with Crippen LogP contribution in [0.4, 0.5) is 11.4 Å². The molecule has 6 nitrogen and oxygen atoms in total. The maximum atomic E-state index is 12.4. The Kier molecular flexibility index (Phi) is 7.64. The summed E-state index contributed by atoms with van der Waals surface area (Å²) in [5.41, 5.74) is 1.78. The zero-order valence-corrected chi connectivity index (χ0v) is 15.1. The summed E-state index contributed by atoms with van der Waals surface area (Å²) < 4.78 is 10.7. The summed E-state index contributed by atoms with van der Waals surface area (Å²) in [4.78, 5) is 23.8. The maximum Gasteiger partial charge on any atom is 0.255 e. The zero-order valence-electron chi connectivity index (χ0n) is 15.1. The number of anilines is 2. The molecule has 138 valence electrons. The van der Waals surface area contributed by atoms with Gasteiger partial charge in [0.2, 0.25) is 5.91 Å². The van der Waals surface area contributed by atoms with Crippen molar-refractivity contribution in [1.82, 2.24) is 0 Å². The van der Waals surface area contributed by atoms with Crippen LogP contribution >= 0.6 is 0 Å². The highest BCUT2D eigenvalue weighted by Gasteiger charge is 2.07. The van der Waals surface area contributed by atoms with E-state index >= 15 is 0 Å². The van der Waals surface area contributed by atoms with Crippen LogP contribution in [-0.2, 0) is 9.53 Å². The summed E-state index contributed by atoms with van der Waals surface area (Å²) >= 11 is 0. The number of nitrogens with one attached hydrogen (secondary N) is 2. The summed E-state index contributed by atoms with van der Waals surface area (Å²) in [6.07, 6.45) is 0.398. The molecule has 0 bridgehead atoms. The Balaban J connectivity index is 1.93. The van der Waals surface area contributed by atoms with Crippen LogP contribution in [0, 0.1) is 0 Å². The van der Waals surface area contributed by atoms with Crippen molar-refractivity contribution in [2.75, 3.05) is 30.5 Å². The molecule has 26 heavy (non-hydrogen) atoms. The van der Waals surface area contributed by atoms with Gasteiger partial charge in [-0.1, -0.05) is 13.0 Å². The highest BCUT2D eigenvalue weighted by molar-refractivity contribution is 6.04. The first-order chi connectivity index (χ1) is 12.6. The van der Waals surface area contributed by atoms with E-state index in [4.69, 9.17) is 9.47 Å². The van der Waals surface area contributed by atoms with E-state index in [2.05, 4.69) is 10.6 Å². The van der Waals surface area contributed by atoms with Crippen LogP contribution in [0.25, 0.3) is 0 Å². The van der Waals surface area contributed by atoms with Crippen LogP contribution in [0.5, 0.6) is 5.75 Å². The molecule has 0 heterocycles. The number of rotatable bonds is 9. The molecule has 0 atom stereocenters. The third-order valence-corrected chi connectivity index (χ3v) is 3.54. The fraction of sp³-hybridized carbons (Fsp3) is 0.300. The average molecular weight is 356 g/mol. The van der Waals surface area contributed by atoms with Crippen LogP contribution in [0.1, 0.15) is 30.6 Å². The van der Waals surface area contributed by atoms with Crippen molar-refractivity contribution in [3.05, 3.63) is 54.1 Å². The van der Waals surface area contributed by atoms with E-state index < -0.39 is 0 Å². The van der Waals surface area contributed by atoms with Gasteiger partial charge < -0.3 is 20.1 Å². The lowest BCUT2D eigenvalue weighted by Crippen LogP contribution is -2.13. The van der Waals surface area contributed by atoms with Gasteiger partial charge in [0.25, 0.3) is 5.91 Å². The molecule has 0 aromatic heterocycles. The molecule has 6 heteroatoms. The fourth-order valence-electron chi connectivity index (χ4n) is 2.19. The van der Waals surface area contributed by atoms with E-state index in [0.29, 0.717) is 48.9 Å². The monoisotopic (exact) mass is 356 g/mol. The number of hydrogen-bond acceptors (Lipinski definition) is 4. The average Bonchev–Trinajstić information content (AvgIpc) is 2.66. The van der Waals surface area contributed by atoms with Crippen molar-refractivity contribution in [1.29, 1.82) is 0 Å². The minimum atomic E-state index is -0.232. The van der Waals surface area contributed by atoms with Crippen molar-refractivity contribution in [3.8, 4) is 5.75 Å². The molecule has 0 aliphatic rings. The highest BCUT2D eigenvalue weighted by Crippen LogP contribution is 2.17. The Morgan fingerprint density at radius 1 is 0.923 bits per heavy atom. The largest absolute Gasteiger partial charge is 0.491 e. The van der Waals surface area contributed by atoms with Gasteiger partial charge in [-0.25, -0.2) is 0 Å². The summed E-state index contributed by atoms with van der Waals surface area (Å²) in [5.74, 6) is 0.378. The van der Waals surface area contributed by atoms with Crippen molar-refractivity contribution < 1.29 is 19.1 Å². The van der Waals surface area contributed by atoms with E-state index in [9.17, 15) is 9.59 Å². The van der Waals surface area contributed by atoms with E-state index in [1.165, 1.54) is 0 Å². The molecule has 2 N–H and O–H groups in total. The van der Waals surface area contributed by atoms with Crippen LogP contribution in [0.15, 0.2) is 48.5 Å². The second kappa shape index (κ2) is 10.2. The lowest BCUT2D eigenvalue weighted by Gasteiger charge is -2.09. The number of carbonyl (C=O) groups is 2. The van der Waals surface area contributed by atoms with Crippen LogP contribution in [0.2, 0.25) is 0 Å². The fourth-order valence-corrected chi connectivity index (χ4v) is 2.19. The second-order valence-corrected chi connectivity index (χ2v) is 5.51. The second-order valence-electron chi connectivity index (χ2n) is 5.51. The van der Waals surface area contributed by atoms with Gasteiger partial charge in [0.1, 0.15) is 12.4 Å². The van der Waals surface area contributed by atoms with Gasteiger partial charge in [-0.2, -0.15) is 0 Å². The zero-order chi connectivity index (χ0) is 18.8. The van der Waals surface area contributed by atoms with Gasteiger partial charge in [0.05, 0.1) is 6.61 Å². The van der Waals surface area contributed by atoms with Gasteiger partial charge in [-0.15, -0.1) is 0 Å². The summed E-state index contributed by atoms with van der Waals surface area (Å²) in [7, 11) is 0. The Hall–Kier alpha value is -2.86. The van der Waals surface area contributed by atoms with Crippen LogP contribution in [-0.4, -0.2) is 31.6 Å². The third kappa shape index (κ3) is 6.22. The van der Waals surface area contributed by atoms with Gasteiger partial charge in [0.15, 0.2) is 0 Å². The standard InChI is InChI=1S/C20H24N2O4/c1-3-19(23)21-16-6-5-7-17(14-16)22-20(24)15-8-10-18(11-9-15)26-13-12-25-4-2/h5-11,14H,3-4,12-13H2,1-2H3,(H,21,23)(H,22,24). The van der Waals surface area contributed by atoms with E-state index in [-0.39, 0.29) is 11.8 Å². The first-order valence-electron chi connectivity index (χ1n) is 8.64. The molecule has 0 spiro atoms. The molecule has 2 aromatic rings. The molecule has 2 amide bonds. The Labute approximate surface area is 153 Å². The summed E-state index contributed by atoms with van der Waals surface area (Å²) in [6, 6.07) is 13.9. The summed E-state index contributed by atoms with van der Waals surface area (Å²) in [6.45, 7) is 5.37. The smallest absolute Gasteiger partial charge is 0.255 e. The predicted octanol–water partition coefficient (Wildman–Crippen LogP) is 3.70. The molecule has 0 saturated carbocycles. The van der Waals surface area contributed by atoms with E-state index in [1.54, 1.807) is 55.5 Å². The summed E-state index contributed by atoms with van der Waals surface area (Å²) in [5, 5.41) is 5.58. The predicted molar refractivity (Wildman–Crippen MR) is 102 cm³/mol. The SMILES string of the molecule is CCOCCOc1ccc(C(=O)Nc2cccc(NC(=O)CC)c2)cc1. The molecular formula is C20H24N2O4. The molecule has 0 aliphatic carbocycles. The van der Waals surface area contributed by atoms with Crippen LogP contribution < -0.4 is 15.4 Å². The lowest BCUT2D eigenvalue weighted by molar-refractivity contribution is -0.115. The van der Waals surface area contributed by atoms with Gasteiger partial charge in [0, 0.05) is 30.0 Å². The Bertz CT molecular complexity index is 729. The van der Waals surface area contributed by atoms with Gasteiger partial charge in [-0.05, 0) is 49.4 Å². The third-order valence-electron chi connectivity index (χ3n) is 3.54. The first kappa shape index (κ1) is 19.5. The topological polar surface area (TPSA) is 76.7 Å². The quantitative estimate of drug-likeness (QED) is 0.672. The van der Waals surface area contributed by atoms with Crippen LogP contribution in [0.3, 0.4) is 0 Å². The first-order valence-corrected chi connectivity index (χ1v) is 8.64. The number of amides is 2. The molecule has 2 aromatic carbocycles. The van der Waals surface area contributed by atoms with Crippen molar-refractivity contribution in [2.24, 2.45) is 0 Å². The number of carbonyl (C=O) groups excluding carboxylic acids is 2. The molecule has 0 radical (unpaired) electrons. The number of hydrogen-bond donors (Lipinski definition) is 2.